The van der Waals surface area contributed by atoms with Crippen LogP contribution >= 0.6 is 11.6 Å². The highest BCUT2D eigenvalue weighted by Gasteiger charge is 2.20. The van der Waals surface area contributed by atoms with Crippen molar-refractivity contribution in [2.75, 3.05) is 10.6 Å². The number of anilines is 2. The number of halogens is 1. The second kappa shape index (κ2) is 11.3. The highest BCUT2D eigenvalue weighted by atomic mass is 35.5. The fourth-order valence-corrected chi connectivity index (χ4v) is 4.42. The summed E-state index contributed by atoms with van der Waals surface area (Å²) in [4.78, 5) is 20.8. The summed E-state index contributed by atoms with van der Waals surface area (Å²) >= 11 is 6.19. The molecule has 0 aliphatic heterocycles. The smallest absolute Gasteiger partial charge is 0.326 e. The summed E-state index contributed by atoms with van der Waals surface area (Å²) in [5, 5.41) is 17.1. The molecule has 36 heavy (non-hydrogen) atoms. The van der Waals surface area contributed by atoms with Crippen LogP contribution in [0.1, 0.15) is 34.9 Å². The Morgan fingerprint density at radius 1 is 1.11 bits per heavy atom. The van der Waals surface area contributed by atoms with E-state index in [0.29, 0.717) is 18.0 Å². The number of aliphatic carboxylic acids is 1. The maximum atomic E-state index is 12.0. The molecule has 8 heteroatoms. The van der Waals surface area contributed by atoms with Crippen molar-refractivity contribution >= 4 is 29.1 Å². The Labute approximate surface area is 216 Å². The largest absolute Gasteiger partial charge is 0.480 e. The van der Waals surface area contributed by atoms with E-state index < -0.39 is 12.0 Å². The minimum Gasteiger partial charge on any atom is -0.480 e. The summed E-state index contributed by atoms with van der Waals surface area (Å²) in [6.45, 7) is 6.56. The van der Waals surface area contributed by atoms with Gasteiger partial charge >= 0.3 is 5.97 Å². The number of hydrogen-bond acceptors (Lipinski definition) is 5. The fraction of sp³-hybridized carbons (Fsp3) is 0.250. The molecule has 7 nitrogen and oxygen atoms in total. The highest BCUT2D eigenvalue weighted by molar-refractivity contribution is 6.30. The van der Waals surface area contributed by atoms with Crippen molar-refractivity contribution < 1.29 is 9.90 Å². The van der Waals surface area contributed by atoms with Gasteiger partial charge in [0.1, 0.15) is 11.9 Å². The maximum absolute atomic E-state index is 12.0. The average Bonchev–Trinajstić information content (AvgIpc) is 3.33. The summed E-state index contributed by atoms with van der Waals surface area (Å²) in [5.41, 5.74) is 6.69. The Bertz CT molecular complexity index is 1350. The summed E-state index contributed by atoms with van der Waals surface area (Å²) < 4.78 is 1.95. The van der Waals surface area contributed by atoms with E-state index in [-0.39, 0.29) is 0 Å². The molecule has 0 spiro atoms. The number of carboxylic acid groups (broad SMARTS) is 1. The van der Waals surface area contributed by atoms with Crippen LogP contribution in [0.5, 0.6) is 0 Å². The van der Waals surface area contributed by atoms with Gasteiger partial charge in [-0.3, -0.25) is 0 Å². The molecule has 2 aromatic heterocycles. The van der Waals surface area contributed by atoms with Gasteiger partial charge in [-0.25, -0.2) is 14.8 Å². The first-order valence-corrected chi connectivity index (χ1v) is 12.3. The predicted molar refractivity (Wildman–Crippen MR) is 144 cm³/mol. The first kappa shape index (κ1) is 25.3. The molecule has 0 fully saturated rings. The Morgan fingerprint density at radius 2 is 1.89 bits per heavy atom. The maximum Gasteiger partial charge on any atom is 0.326 e. The van der Waals surface area contributed by atoms with Gasteiger partial charge in [-0.05, 0) is 78.9 Å². The zero-order chi connectivity index (χ0) is 25.7. The number of nitrogens with one attached hydrogen (secondary N) is 2. The van der Waals surface area contributed by atoms with E-state index in [0.717, 1.165) is 51.6 Å². The lowest BCUT2D eigenvalue weighted by molar-refractivity contribution is -0.137. The van der Waals surface area contributed by atoms with Crippen molar-refractivity contribution in [2.45, 2.75) is 46.2 Å². The molecule has 1 unspecified atom stereocenters. The van der Waals surface area contributed by atoms with Crippen molar-refractivity contribution in [1.82, 2.24) is 14.5 Å². The zero-order valence-electron chi connectivity index (χ0n) is 20.6. The van der Waals surface area contributed by atoms with Gasteiger partial charge in [-0.15, -0.1) is 0 Å². The molecule has 0 saturated heterocycles. The second-order valence-electron chi connectivity index (χ2n) is 8.86. The molecule has 1 atom stereocenters. The van der Waals surface area contributed by atoms with Crippen LogP contribution in [-0.4, -0.2) is 31.7 Å². The van der Waals surface area contributed by atoms with Crippen LogP contribution < -0.4 is 10.6 Å². The van der Waals surface area contributed by atoms with E-state index in [1.165, 1.54) is 0 Å². The third-order valence-corrected chi connectivity index (χ3v) is 6.27. The van der Waals surface area contributed by atoms with Crippen LogP contribution in [0.15, 0.2) is 67.3 Å². The number of aryl methyl sites for hydroxylation is 3. The van der Waals surface area contributed by atoms with Crippen LogP contribution in [-0.2, 0) is 24.2 Å². The Balaban J connectivity index is 1.42. The molecule has 0 radical (unpaired) electrons. The summed E-state index contributed by atoms with van der Waals surface area (Å²) in [5.74, 6) is -0.0827. The monoisotopic (exact) mass is 503 g/mol. The van der Waals surface area contributed by atoms with Crippen LogP contribution in [0.3, 0.4) is 0 Å². The van der Waals surface area contributed by atoms with Gasteiger partial charge in [-0.2, -0.15) is 0 Å². The minimum absolute atomic E-state index is 0.351. The topological polar surface area (TPSA) is 92.1 Å². The third-order valence-electron chi connectivity index (χ3n) is 6.06. The first-order valence-electron chi connectivity index (χ1n) is 11.9. The molecule has 0 aliphatic carbocycles. The molecular formula is C28H30ClN5O2. The molecule has 0 saturated carbocycles. The summed E-state index contributed by atoms with van der Waals surface area (Å²) in [7, 11) is 0. The molecule has 0 aliphatic rings. The second-order valence-corrected chi connectivity index (χ2v) is 9.30. The van der Waals surface area contributed by atoms with Crippen LogP contribution in [0.4, 0.5) is 11.5 Å². The highest BCUT2D eigenvalue weighted by Crippen LogP contribution is 2.27. The number of benzene rings is 2. The van der Waals surface area contributed by atoms with Crippen molar-refractivity contribution in [2.24, 2.45) is 0 Å². The molecule has 4 aromatic rings. The van der Waals surface area contributed by atoms with Gasteiger partial charge in [0, 0.05) is 35.2 Å². The molecule has 186 valence electrons. The Morgan fingerprint density at radius 3 is 2.58 bits per heavy atom. The zero-order valence-corrected chi connectivity index (χ0v) is 21.4. The number of imidazole rings is 1. The Hall–Kier alpha value is -3.84. The third kappa shape index (κ3) is 6.23. The normalized spacial score (nSPS) is 11.8. The van der Waals surface area contributed by atoms with Crippen LogP contribution in [0.2, 0.25) is 5.02 Å². The number of carbonyl (C=O) groups is 1. The summed E-state index contributed by atoms with van der Waals surface area (Å²) in [6.07, 6.45) is 6.63. The molecule has 3 N–H and O–H groups in total. The molecule has 0 bridgehead atoms. The molecular weight excluding hydrogens is 474 g/mol. The minimum atomic E-state index is -0.898. The fourth-order valence-electron chi connectivity index (χ4n) is 4.12. The number of nitrogens with zero attached hydrogens (tertiary/aromatic N) is 3. The van der Waals surface area contributed by atoms with E-state index in [4.69, 9.17) is 11.6 Å². The van der Waals surface area contributed by atoms with E-state index in [2.05, 4.69) is 20.6 Å². The number of hydrogen-bond donors (Lipinski definition) is 3. The van der Waals surface area contributed by atoms with Crippen LogP contribution in [0.25, 0.3) is 5.69 Å². The molecule has 2 aromatic carbocycles. The lowest BCUT2D eigenvalue weighted by atomic mass is 10.0. The van der Waals surface area contributed by atoms with Crippen molar-refractivity contribution in [3.63, 3.8) is 0 Å². The lowest BCUT2D eigenvalue weighted by Crippen LogP contribution is -2.32. The van der Waals surface area contributed by atoms with Gasteiger partial charge in [0.15, 0.2) is 0 Å². The van der Waals surface area contributed by atoms with Gasteiger partial charge in [0.25, 0.3) is 0 Å². The average molecular weight is 504 g/mol. The molecule has 4 rings (SSSR count). The number of aromatic nitrogens is 3. The number of rotatable bonds is 10. The lowest BCUT2D eigenvalue weighted by Gasteiger charge is -2.20. The molecule has 2 heterocycles. The standard InChI is InChI=1S/C28H30ClN5O2/c1-4-21-14-22(29)12-19(3)27(21)33-25(28(35)36)13-20-5-7-24(8-6-20)34-16-23(32-17-34)15-31-26-11-18(2)9-10-30-26/h5-12,14,16-17,25,33H,4,13,15H2,1-3H3,(H,30,31)(H,35,36). The van der Waals surface area contributed by atoms with E-state index >= 15 is 0 Å². The van der Waals surface area contributed by atoms with E-state index in [9.17, 15) is 9.90 Å². The van der Waals surface area contributed by atoms with Crippen molar-refractivity contribution in [1.29, 1.82) is 0 Å². The first-order chi connectivity index (χ1) is 17.3. The van der Waals surface area contributed by atoms with Gasteiger partial charge in [0.05, 0.1) is 18.6 Å². The van der Waals surface area contributed by atoms with Gasteiger partial charge in [0.2, 0.25) is 0 Å². The number of carboxylic acids is 1. The van der Waals surface area contributed by atoms with Gasteiger partial charge in [-0.1, -0.05) is 30.7 Å². The van der Waals surface area contributed by atoms with Crippen molar-refractivity contribution in [3.8, 4) is 5.69 Å². The van der Waals surface area contributed by atoms with E-state index in [1.807, 2.05) is 80.1 Å². The summed E-state index contributed by atoms with van der Waals surface area (Å²) in [6, 6.07) is 14.8. The SMILES string of the molecule is CCc1cc(Cl)cc(C)c1NC(Cc1ccc(-n2cnc(CNc3cc(C)ccn3)c2)cc1)C(=O)O. The Kier molecular flexibility index (Phi) is 7.90. The quantitative estimate of drug-likeness (QED) is 0.252. The van der Waals surface area contributed by atoms with Gasteiger partial charge < -0.3 is 20.3 Å². The number of pyridine rings is 1. The van der Waals surface area contributed by atoms with Crippen molar-refractivity contribution in [3.05, 3.63) is 100 Å². The predicted octanol–water partition coefficient (Wildman–Crippen LogP) is 5.82. The van der Waals surface area contributed by atoms with E-state index in [1.54, 1.807) is 12.5 Å². The van der Waals surface area contributed by atoms with Crippen LogP contribution in [0, 0.1) is 13.8 Å². The molecule has 0 amide bonds.